The van der Waals surface area contributed by atoms with Crippen LogP contribution in [-0.2, 0) is 16.4 Å². The number of benzene rings is 1. The van der Waals surface area contributed by atoms with Crippen molar-refractivity contribution in [3.05, 3.63) is 38.9 Å². The Morgan fingerprint density at radius 1 is 1.47 bits per heavy atom. The number of hydrogen-bond donors (Lipinski definition) is 1. The van der Waals surface area contributed by atoms with Crippen molar-refractivity contribution in [2.24, 2.45) is 0 Å². The molecular formula is C11H15ClN2O4S. The van der Waals surface area contributed by atoms with Crippen molar-refractivity contribution >= 4 is 27.1 Å². The topological polar surface area (TPSA) is 89.3 Å². The summed E-state index contributed by atoms with van der Waals surface area (Å²) >= 11 is 5.70. The van der Waals surface area contributed by atoms with E-state index >= 15 is 0 Å². The second-order valence-corrected chi connectivity index (χ2v) is 7.01. The molecule has 106 valence electrons. The predicted octanol–water partition coefficient (Wildman–Crippen LogP) is 1.77. The molecule has 1 atom stereocenters. The van der Waals surface area contributed by atoms with Crippen molar-refractivity contribution in [3.63, 3.8) is 0 Å². The fourth-order valence-electron chi connectivity index (χ4n) is 1.61. The first-order valence-electron chi connectivity index (χ1n) is 5.53. The zero-order chi connectivity index (χ0) is 14.6. The highest BCUT2D eigenvalue weighted by Gasteiger charge is 2.14. The minimum atomic E-state index is -3.05. The summed E-state index contributed by atoms with van der Waals surface area (Å²) in [6, 6.07) is 4.26. The SMILES string of the molecule is CC(CS(C)(=O)=O)NCc1ccc(Cl)c([N+](=O)[O-])c1. The Balaban J connectivity index is 2.68. The van der Waals surface area contributed by atoms with Gasteiger partial charge >= 0.3 is 0 Å². The Bertz CT molecular complexity index is 574. The average molecular weight is 307 g/mol. The molecule has 1 aromatic rings. The van der Waals surface area contributed by atoms with E-state index in [4.69, 9.17) is 11.6 Å². The van der Waals surface area contributed by atoms with E-state index in [0.29, 0.717) is 12.1 Å². The van der Waals surface area contributed by atoms with Crippen molar-refractivity contribution in [3.8, 4) is 0 Å². The fourth-order valence-corrected chi connectivity index (χ4v) is 2.83. The Morgan fingerprint density at radius 2 is 2.11 bits per heavy atom. The van der Waals surface area contributed by atoms with E-state index in [0.717, 1.165) is 6.26 Å². The van der Waals surface area contributed by atoms with Gasteiger partial charge in [-0.15, -0.1) is 0 Å². The second kappa shape index (κ2) is 6.31. The molecule has 0 saturated heterocycles. The maximum Gasteiger partial charge on any atom is 0.288 e. The fraction of sp³-hybridized carbons (Fsp3) is 0.455. The molecule has 0 aliphatic rings. The lowest BCUT2D eigenvalue weighted by molar-refractivity contribution is -0.384. The normalized spacial score (nSPS) is 13.2. The molecule has 1 aromatic carbocycles. The second-order valence-electron chi connectivity index (χ2n) is 4.42. The van der Waals surface area contributed by atoms with Crippen LogP contribution in [0.3, 0.4) is 0 Å². The zero-order valence-electron chi connectivity index (χ0n) is 10.6. The van der Waals surface area contributed by atoms with Crippen LogP contribution in [-0.4, -0.2) is 31.4 Å². The summed E-state index contributed by atoms with van der Waals surface area (Å²) in [4.78, 5) is 10.2. The van der Waals surface area contributed by atoms with Gasteiger partial charge in [0.25, 0.3) is 5.69 Å². The summed E-state index contributed by atoms with van der Waals surface area (Å²) < 4.78 is 22.2. The Kier molecular flexibility index (Phi) is 5.28. The molecule has 19 heavy (non-hydrogen) atoms. The van der Waals surface area contributed by atoms with Crippen molar-refractivity contribution in [2.75, 3.05) is 12.0 Å². The Labute approximate surface area is 116 Å². The van der Waals surface area contributed by atoms with Crippen LogP contribution in [0.1, 0.15) is 12.5 Å². The number of hydrogen-bond acceptors (Lipinski definition) is 5. The summed E-state index contributed by atoms with van der Waals surface area (Å²) in [5.74, 6) is 0.0166. The number of nitro groups is 1. The van der Waals surface area contributed by atoms with Crippen LogP contribution in [0.2, 0.25) is 5.02 Å². The average Bonchev–Trinajstić information content (AvgIpc) is 2.25. The van der Waals surface area contributed by atoms with E-state index in [2.05, 4.69) is 5.32 Å². The third-order valence-corrected chi connectivity index (χ3v) is 3.84. The Hall–Kier alpha value is -1.18. The molecule has 1 rings (SSSR count). The summed E-state index contributed by atoms with van der Waals surface area (Å²) in [7, 11) is -3.05. The first-order valence-corrected chi connectivity index (χ1v) is 7.97. The largest absolute Gasteiger partial charge is 0.309 e. The summed E-state index contributed by atoms with van der Waals surface area (Å²) in [6.45, 7) is 2.08. The van der Waals surface area contributed by atoms with E-state index in [1.807, 2.05) is 0 Å². The van der Waals surface area contributed by atoms with Crippen molar-refractivity contribution < 1.29 is 13.3 Å². The van der Waals surface area contributed by atoms with E-state index in [1.54, 1.807) is 13.0 Å². The van der Waals surface area contributed by atoms with Gasteiger partial charge in [0.1, 0.15) is 14.9 Å². The van der Waals surface area contributed by atoms with E-state index in [9.17, 15) is 18.5 Å². The zero-order valence-corrected chi connectivity index (χ0v) is 12.2. The summed E-state index contributed by atoms with van der Waals surface area (Å²) in [5, 5.41) is 13.8. The molecule has 6 nitrogen and oxygen atoms in total. The molecule has 8 heteroatoms. The quantitative estimate of drug-likeness (QED) is 0.639. The highest BCUT2D eigenvalue weighted by atomic mass is 35.5. The van der Waals surface area contributed by atoms with Crippen LogP contribution in [0.4, 0.5) is 5.69 Å². The smallest absolute Gasteiger partial charge is 0.288 e. The van der Waals surface area contributed by atoms with Gasteiger partial charge in [0.2, 0.25) is 0 Å². The highest BCUT2D eigenvalue weighted by Crippen LogP contribution is 2.24. The van der Waals surface area contributed by atoms with Gasteiger partial charge in [-0.2, -0.15) is 0 Å². The molecule has 0 amide bonds. The van der Waals surface area contributed by atoms with Crippen molar-refractivity contribution in [1.29, 1.82) is 0 Å². The molecular weight excluding hydrogens is 292 g/mol. The molecule has 1 unspecified atom stereocenters. The van der Waals surface area contributed by atoms with E-state index in [1.165, 1.54) is 12.1 Å². The van der Waals surface area contributed by atoms with Crippen LogP contribution in [0.15, 0.2) is 18.2 Å². The minimum Gasteiger partial charge on any atom is -0.309 e. The third-order valence-electron chi connectivity index (χ3n) is 2.41. The standard InChI is InChI=1S/C11H15ClN2O4S/c1-8(7-19(2,17)18)13-6-9-3-4-10(12)11(5-9)14(15)16/h3-5,8,13H,6-7H2,1-2H3. The van der Waals surface area contributed by atoms with Crippen LogP contribution in [0.25, 0.3) is 0 Å². The van der Waals surface area contributed by atoms with Crippen LogP contribution in [0, 0.1) is 10.1 Å². The van der Waals surface area contributed by atoms with Gasteiger partial charge in [0.15, 0.2) is 0 Å². The summed E-state index contributed by atoms with van der Waals surface area (Å²) in [6.07, 6.45) is 1.16. The van der Waals surface area contributed by atoms with Crippen LogP contribution >= 0.6 is 11.6 Å². The van der Waals surface area contributed by atoms with E-state index in [-0.39, 0.29) is 22.5 Å². The van der Waals surface area contributed by atoms with Gasteiger partial charge in [-0.25, -0.2) is 8.42 Å². The molecule has 0 aliphatic carbocycles. The number of sulfone groups is 1. The number of halogens is 1. The van der Waals surface area contributed by atoms with Gasteiger partial charge in [-0.3, -0.25) is 10.1 Å². The van der Waals surface area contributed by atoms with Crippen molar-refractivity contribution in [2.45, 2.75) is 19.5 Å². The molecule has 0 radical (unpaired) electrons. The maximum absolute atomic E-state index is 11.1. The number of nitrogens with zero attached hydrogens (tertiary/aromatic N) is 1. The lowest BCUT2D eigenvalue weighted by Crippen LogP contribution is -2.32. The summed E-state index contributed by atoms with van der Waals surface area (Å²) in [5.41, 5.74) is 0.521. The third kappa shape index (κ3) is 5.54. The van der Waals surface area contributed by atoms with Crippen LogP contribution in [0.5, 0.6) is 0 Å². The molecule has 0 spiro atoms. The van der Waals surface area contributed by atoms with Gasteiger partial charge in [0.05, 0.1) is 10.7 Å². The van der Waals surface area contributed by atoms with Gasteiger partial charge < -0.3 is 5.32 Å². The van der Waals surface area contributed by atoms with Gasteiger partial charge in [-0.1, -0.05) is 17.7 Å². The van der Waals surface area contributed by atoms with Crippen molar-refractivity contribution in [1.82, 2.24) is 5.32 Å². The Morgan fingerprint density at radius 3 is 2.63 bits per heavy atom. The first-order chi connectivity index (χ1) is 8.69. The number of nitrogens with one attached hydrogen (secondary N) is 1. The highest BCUT2D eigenvalue weighted by molar-refractivity contribution is 7.90. The minimum absolute atomic E-state index is 0.0166. The lowest BCUT2D eigenvalue weighted by atomic mass is 10.2. The molecule has 0 fully saturated rings. The molecule has 0 heterocycles. The molecule has 0 aromatic heterocycles. The molecule has 0 aliphatic heterocycles. The number of nitro benzene ring substituents is 1. The van der Waals surface area contributed by atoms with Gasteiger partial charge in [-0.05, 0) is 18.6 Å². The molecule has 0 bridgehead atoms. The van der Waals surface area contributed by atoms with Crippen LogP contribution < -0.4 is 5.32 Å². The molecule has 0 saturated carbocycles. The van der Waals surface area contributed by atoms with Gasteiger partial charge in [0, 0.05) is 24.9 Å². The first kappa shape index (κ1) is 15.9. The maximum atomic E-state index is 11.1. The lowest BCUT2D eigenvalue weighted by Gasteiger charge is -2.12. The number of rotatable bonds is 6. The monoisotopic (exact) mass is 306 g/mol. The predicted molar refractivity (Wildman–Crippen MR) is 74.1 cm³/mol. The van der Waals surface area contributed by atoms with E-state index < -0.39 is 14.8 Å². The molecule has 1 N–H and O–H groups in total.